The Balaban J connectivity index is 1.85. The smallest absolute Gasteiger partial charge is 0.254 e. The topological polar surface area (TPSA) is 58.6 Å². The minimum Gasteiger partial charge on any atom is -0.375 e. The fraction of sp³-hybridized carbons (Fsp3) is 0.467. The SMILES string of the molecule is COCC(=O)N1CCC(NC(=O)c2ccccc2F)CC1. The standard InChI is InChI=1S/C15H19FN2O3/c1-21-10-14(19)18-8-6-11(7-9-18)17-15(20)12-4-2-3-5-13(12)16/h2-5,11H,6-10H2,1H3,(H,17,20). The molecule has 1 aromatic rings. The van der Waals surface area contributed by atoms with E-state index < -0.39 is 11.7 Å². The molecule has 0 radical (unpaired) electrons. The van der Waals surface area contributed by atoms with E-state index in [1.54, 1.807) is 17.0 Å². The Morgan fingerprint density at radius 2 is 2.00 bits per heavy atom. The third-order valence-corrected chi connectivity index (χ3v) is 3.57. The van der Waals surface area contributed by atoms with Crippen LogP contribution in [0.15, 0.2) is 24.3 Å². The Hall–Kier alpha value is -1.95. The fourth-order valence-corrected chi connectivity index (χ4v) is 2.40. The van der Waals surface area contributed by atoms with Gasteiger partial charge in [-0.15, -0.1) is 0 Å². The number of ether oxygens (including phenoxy) is 1. The molecular weight excluding hydrogens is 275 g/mol. The highest BCUT2D eigenvalue weighted by molar-refractivity contribution is 5.94. The second kappa shape index (κ2) is 7.17. The molecule has 1 aliphatic heterocycles. The Bertz CT molecular complexity index is 513. The predicted molar refractivity (Wildman–Crippen MR) is 75.3 cm³/mol. The van der Waals surface area contributed by atoms with Gasteiger partial charge in [0.05, 0.1) is 5.56 Å². The number of nitrogens with one attached hydrogen (secondary N) is 1. The summed E-state index contributed by atoms with van der Waals surface area (Å²) in [5.74, 6) is -0.978. The molecule has 1 fully saturated rings. The van der Waals surface area contributed by atoms with E-state index in [0.717, 1.165) is 0 Å². The zero-order valence-electron chi connectivity index (χ0n) is 12.0. The van der Waals surface area contributed by atoms with Gasteiger partial charge in [-0.2, -0.15) is 0 Å². The van der Waals surface area contributed by atoms with Crippen molar-refractivity contribution in [3.63, 3.8) is 0 Å². The Morgan fingerprint density at radius 3 is 2.62 bits per heavy atom. The lowest BCUT2D eigenvalue weighted by molar-refractivity contribution is -0.136. The molecule has 0 spiro atoms. The van der Waals surface area contributed by atoms with Gasteiger partial charge < -0.3 is 15.0 Å². The molecule has 0 unspecified atom stereocenters. The molecule has 1 aliphatic rings. The zero-order chi connectivity index (χ0) is 15.2. The summed E-state index contributed by atoms with van der Waals surface area (Å²) in [5, 5.41) is 2.82. The van der Waals surface area contributed by atoms with Crippen molar-refractivity contribution in [2.24, 2.45) is 0 Å². The molecular formula is C15H19FN2O3. The largest absolute Gasteiger partial charge is 0.375 e. The van der Waals surface area contributed by atoms with Crippen molar-refractivity contribution in [2.45, 2.75) is 18.9 Å². The molecule has 0 atom stereocenters. The van der Waals surface area contributed by atoms with Crippen LogP contribution >= 0.6 is 0 Å². The summed E-state index contributed by atoms with van der Waals surface area (Å²) >= 11 is 0. The Morgan fingerprint density at radius 1 is 1.33 bits per heavy atom. The first-order valence-electron chi connectivity index (χ1n) is 6.94. The highest BCUT2D eigenvalue weighted by Crippen LogP contribution is 2.13. The zero-order valence-corrected chi connectivity index (χ0v) is 12.0. The van der Waals surface area contributed by atoms with Gasteiger partial charge in [0.2, 0.25) is 5.91 Å². The number of likely N-dealkylation sites (tertiary alicyclic amines) is 1. The van der Waals surface area contributed by atoms with Crippen molar-refractivity contribution in [1.29, 1.82) is 0 Å². The highest BCUT2D eigenvalue weighted by Gasteiger charge is 2.24. The van der Waals surface area contributed by atoms with E-state index in [2.05, 4.69) is 5.32 Å². The van der Waals surface area contributed by atoms with Crippen molar-refractivity contribution in [3.8, 4) is 0 Å². The van der Waals surface area contributed by atoms with Crippen LogP contribution in [0.2, 0.25) is 0 Å². The van der Waals surface area contributed by atoms with Crippen LogP contribution in [-0.2, 0) is 9.53 Å². The number of methoxy groups -OCH3 is 1. The van der Waals surface area contributed by atoms with E-state index in [9.17, 15) is 14.0 Å². The lowest BCUT2D eigenvalue weighted by Crippen LogP contribution is -2.47. The van der Waals surface area contributed by atoms with Crippen molar-refractivity contribution in [1.82, 2.24) is 10.2 Å². The number of hydrogen-bond donors (Lipinski definition) is 1. The number of nitrogens with zero attached hydrogens (tertiary/aromatic N) is 1. The first kappa shape index (κ1) is 15.4. The van der Waals surface area contributed by atoms with Gasteiger partial charge in [-0.3, -0.25) is 9.59 Å². The van der Waals surface area contributed by atoms with Crippen molar-refractivity contribution in [3.05, 3.63) is 35.6 Å². The molecule has 1 aromatic carbocycles. The van der Waals surface area contributed by atoms with Gasteiger partial charge in [0.25, 0.3) is 5.91 Å². The van der Waals surface area contributed by atoms with E-state index in [0.29, 0.717) is 25.9 Å². The molecule has 0 aromatic heterocycles. The average Bonchev–Trinajstić information content (AvgIpc) is 2.48. The summed E-state index contributed by atoms with van der Waals surface area (Å²) in [6.07, 6.45) is 1.32. The molecule has 114 valence electrons. The second-order valence-electron chi connectivity index (χ2n) is 5.04. The van der Waals surface area contributed by atoms with Gasteiger partial charge in [0, 0.05) is 26.2 Å². The summed E-state index contributed by atoms with van der Waals surface area (Å²) in [6, 6.07) is 5.86. The van der Waals surface area contributed by atoms with E-state index >= 15 is 0 Å². The molecule has 2 rings (SSSR count). The van der Waals surface area contributed by atoms with Crippen LogP contribution in [0, 0.1) is 5.82 Å². The molecule has 1 heterocycles. The number of rotatable bonds is 4. The monoisotopic (exact) mass is 294 g/mol. The number of carbonyl (C=O) groups excluding carboxylic acids is 2. The summed E-state index contributed by atoms with van der Waals surface area (Å²) in [7, 11) is 1.49. The minimum atomic E-state index is -0.525. The highest BCUT2D eigenvalue weighted by atomic mass is 19.1. The third kappa shape index (κ3) is 4.01. The normalized spacial score (nSPS) is 15.8. The van der Waals surface area contributed by atoms with Crippen LogP contribution in [0.25, 0.3) is 0 Å². The quantitative estimate of drug-likeness (QED) is 0.907. The average molecular weight is 294 g/mol. The number of amides is 2. The van der Waals surface area contributed by atoms with Crippen molar-refractivity contribution in [2.75, 3.05) is 26.8 Å². The molecule has 2 amide bonds. The minimum absolute atomic E-state index is 0.0382. The predicted octanol–water partition coefficient (Wildman–Crippen LogP) is 1.19. The van der Waals surface area contributed by atoms with Crippen LogP contribution in [0.3, 0.4) is 0 Å². The number of carbonyl (C=O) groups is 2. The molecule has 6 heteroatoms. The van der Waals surface area contributed by atoms with E-state index in [4.69, 9.17) is 4.74 Å². The number of hydrogen-bond acceptors (Lipinski definition) is 3. The number of benzene rings is 1. The van der Waals surface area contributed by atoms with E-state index in [1.165, 1.54) is 19.2 Å². The summed E-state index contributed by atoms with van der Waals surface area (Å²) in [4.78, 5) is 25.4. The molecule has 1 N–H and O–H groups in total. The van der Waals surface area contributed by atoms with Gasteiger partial charge >= 0.3 is 0 Å². The van der Waals surface area contributed by atoms with Gasteiger partial charge in [-0.1, -0.05) is 12.1 Å². The number of piperidine rings is 1. The first-order valence-corrected chi connectivity index (χ1v) is 6.94. The third-order valence-electron chi connectivity index (χ3n) is 3.57. The van der Waals surface area contributed by atoms with Gasteiger partial charge in [-0.05, 0) is 25.0 Å². The maximum absolute atomic E-state index is 13.5. The summed E-state index contributed by atoms with van der Waals surface area (Å²) in [5.41, 5.74) is 0.0513. The maximum Gasteiger partial charge on any atom is 0.254 e. The molecule has 21 heavy (non-hydrogen) atoms. The molecule has 5 nitrogen and oxygen atoms in total. The van der Waals surface area contributed by atoms with Crippen LogP contribution in [0.5, 0.6) is 0 Å². The van der Waals surface area contributed by atoms with Gasteiger partial charge in [0.1, 0.15) is 12.4 Å². The second-order valence-corrected chi connectivity index (χ2v) is 5.04. The van der Waals surface area contributed by atoms with E-state index in [1.807, 2.05) is 0 Å². The number of halogens is 1. The van der Waals surface area contributed by atoms with Gasteiger partial charge in [0.15, 0.2) is 0 Å². The summed E-state index contributed by atoms with van der Waals surface area (Å²) in [6.45, 7) is 1.22. The van der Waals surface area contributed by atoms with Crippen LogP contribution < -0.4 is 5.32 Å². The molecule has 1 saturated heterocycles. The Kier molecular flexibility index (Phi) is 5.27. The van der Waals surface area contributed by atoms with Gasteiger partial charge in [-0.25, -0.2) is 4.39 Å². The first-order chi connectivity index (χ1) is 10.1. The van der Waals surface area contributed by atoms with Crippen molar-refractivity contribution < 1.29 is 18.7 Å². The van der Waals surface area contributed by atoms with Crippen molar-refractivity contribution >= 4 is 11.8 Å². The summed E-state index contributed by atoms with van der Waals surface area (Å²) < 4.78 is 18.3. The molecule has 0 bridgehead atoms. The lowest BCUT2D eigenvalue weighted by atomic mass is 10.0. The van der Waals surface area contributed by atoms with Crippen LogP contribution in [-0.4, -0.2) is 49.6 Å². The van der Waals surface area contributed by atoms with Crippen LogP contribution in [0.4, 0.5) is 4.39 Å². The fourth-order valence-electron chi connectivity index (χ4n) is 2.40. The Labute approximate surface area is 123 Å². The lowest BCUT2D eigenvalue weighted by Gasteiger charge is -2.32. The van der Waals surface area contributed by atoms with E-state index in [-0.39, 0.29) is 24.1 Å². The maximum atomic E-state index is 13.5. The molecule has 0 saturated carbocycles. The van der Waals surface area contributed by atoms with Crippen LogP contribution in [0.1, 0.15) is 23.2 Å². The molecule has 0 aliphatic carbocycles.